The van der Waals surface area contributed by atoms with Crippen LogP contribution in [0.3, 0.4) is 0 Å². The molecule has 0 N–H and O–H groups in total. The van der Waals surface area contributed by atoms with Gasteiger partial charge in [0, 0.05) is 18.3 Å². The van der Waals surface area contributed by atoms with E-state index in [0.29, 0.717) is 17.4 Å². The fourth-order valence-electron chi connectivity index (χ4n) is 3.95. The van der Waals surface area contributed by atoms with Crippen molar-refractivity contribution in [3.8, 4) is 11.6 Å². The number of nitrogens with zero attached hydrogens (tertiary/aromatic N) is 4. The van der Waals surface area contributed by atoms with E-state index in [9.17, 15) is 4.79 Å². The summed E-state index contributed by atoms with van der Waals surface area (Å²) in [7, 11) is 0. The lowest BCUT2D eigenvalue weighted by Gasteiger charge is -2.23. The zero-order valence-electron chi connectivity index (χ0n) is 17.8. The van der Waals surface area contributed by atoms with E-state index >= 15 is 0 Å². The molecule has 1 fully saturated rings. The van der Waals surface area contributed by atoms with Crippen molar-refractivity contribution in [2.24, 2.45) is 5.92 Å². The van der Waals surface area contributed by atoms with Crippen LogP contribution in [0.2, 0.25) is 0 Å². The van der Waals surface area contributed by atoms with Crippen LogP contribution in [-0.2, 0) is 9.53 Å². The summed E-state index contributed by atoms with van der Waals surface area (Å²) in [5.41, 5.74) is 0.0238. The summed E-state index contributed by atoms with van der Waals surface area (Å²) in [4.78, 5) is 25.2. The molecule has 2 heterocycles. The van der Waals surface area contributed by atoms with Crippen LogP contribution in [0.15, 0.2) is 23.1 Å². The molecule has 1 saturated carbocycles. The first-order chi connectivity index (χ1) is 13.9. The van der Waals surface area contributed by atoms with Gasteiger partial charge in [-0.05, 0) is 33.1 Å². The van der Waals surface area contributed by atoms with E-state index in [4.69, 9.17) is 9.26 Å². The second kappa shape index (κ2) is 9.94. The number of carbonyl (C=O) groups is 1. The van der Waals surface area contributed by atoms with Crippen molar-refractivity contribution in [2.45, 2.75) is 90.1 Å². The predicted molar refractivity (Wildman–Crippen MR) is 109 cm³/mol. The first-order valence-corrected chi connectivity index (χ1v) is 10.7. The quantitative estimate of drug-likeness (QED) is 0.570. The first-order valence-electron chi connectivity index (χ1n) is 10.7. The summed E-state index contributed by atoms with van der Waals surface area (Å²) in [5, 5.41) is 4.15. The molecule has 29 heavy (non-hydrogen) atoms. The summed E-state index contributed by atoms with van der Waals surface area (Å²) in [6.07, 6.45) is 14.8. The molecule has 0 amide bonds. The van der Waals surface area contributed by atoms with Gasteiger partial charge in [0.2, 0.25) is 0 Å². The van der Waals surface area contributed by atoms with Gasteiger partial charge in [-0.1, -0.05) is 50.1 Å². The van der Waals surface area contributed by atoms with Crippen LogP contribution in [0.5, 0.6) is 0 Å². The molecule has 158 valence electrons. The number of ether oxygens (including phenoxy) is 1. The highest BCUT2D eigenvalue weighted by Crippen LogP contribution is 2.31. The SMILES string of the molecule is CC(C)(C)OC(=O)CC(CCCC1CCCCC1)c1noc(-c2cnccn2)n1. The van der Waals surface area contributed by atoms with Crippen LogP contribution in [0.25, 0.3) is 11.6 Å². The molecule has 0 aliphatic heterocycles. The number of hydrogen-bond acceptors (Lipinski definition) is 7. The van der Waals surface area contributed by atoms with E-state index in [1.807, 2.05) is 20.8 Å². The standard InChI is InChI=1S/C22H32N4O3/c1-22(2,3)28-19(27)14-17(11-7-10-16-8-5-4-6-9-16)20-25-21(29-26-20)18-15-23-12-13-24-18/h12-13,15-17H,4-11,14H2,1-3H3. The van der Waals surface area contributed by atoms with E-state index in [1.54, 1.807) is 18.6 Å². The van der Waals surface area contributed by atoms with Crippen molar-refractivity contribution in [2.75, 3.05) is 0 Å². The molecular weight excluding hydrogens is 368 g/mol. The monoisotopic (exact) mass is 400 g/mol. The van der Waals surface area contributed by atoms with Crippen LogP contribution in [0, 0.1) is 5.92 Å². The van der Waals surface area contributed by atoms with Crippen molar-refractivity contribution < 1.29 is 14.1 Å². The Bertz CT molecular complexity index is 764. The maximum atomic E-state index is 12.5. The van der Waals surface area contributed by atoms with Gasteiger partial charge in [0.1, 0.15) is 11.3 Å². The van der Waals surface area contributed by atoms with Crippen molar-refractivity contribution in [3.05, 3.63) is 24.4 Å². The molecule has 3 rings (SSSR count). The fraction of sp³-hybridized carbons (Fsp3) is 0.682. The molecule has 1 atom stereocenters. The van der Waals surface area contributed by atoms with Crippen LogP contribution in [0.4, 0.5) is 0 Å². The Labute approximate surface area is 172 Å². The smallest absolute Gasteiger partial charge is 0.307 e. The molecule has 2 aromatic heterocycles. The molecule has 0 spiro atoms. The van der Waals surface area contributed by atoms with Crippen molar-refractivity contribution >= 4 is 5.97 Å². The minimum Gasteiger partial charge on any atom is -0.460 e. The Hall–Kier alpha value is -2.31. The van der Waals surface area contributed by atoms with Gasteiger partial charge >= 0.3 is 5.97 Å². The van der Waals surface area contributed by atoms with Crippen molar-refractivity contribution in [3.63, 3.8) is 0 Å². The topological polar surface area (TPSA) is 91.0 Å². The van der Waals surface area contributed by atoms with E-state index in [-0.39, 0.29) is 18.3 Å². The van der Waals surface area contributed by atoms with Gasteiger partial charge < -0.3 is 9.26 Å². The Morgan fingerprint density at radius 1 is 1.24 bits per heavy atom. The zero-order valence-corrected chi connectivity index (χ0v) is 17.8. The summed E-state index contributed by atoms with van der Waals surface area (Å²) in [6.45, 7) is 5.64. The van der Waals surface area contributed by atoms with Gasteiger partial charge in [0.25, 0.3) is 5.89 Å². The van der Waals surface area contributed by atoms with Crippen LogP contribution in [-0.4, -0.2) is 31.7 Å². The summed E-state index contributed by atoms with van der Waals surface area (Å²) < 4.78 is 10.9. The van der Waals surface area contributed by atoms with E-state index in [2.05, 4.69) is 20.1 Å². The van der Waals surface area contributed by atoms with E-state index < -0.39 is 5.60 Å². The van der Waals surface area contributed by atoms with Gasteiger partial charge in [0.05, 0.1) is 12.6 Å². The first kappa shape index (κ1) is 21.4. The molecule has 1 unspecified atom stereocenters. The minimum atomic E-state index is -0.508. The number of carbonyl (C=O) groups excluding carboxylic acids is 1. The lowest BCUT2D eigenvalue weighted by Crippen LogP contribution is -2.25. The third-order valence-corrected chi connectivity index (χ3v) is 5.31. The Morgan fingerprint density at radius 2 is 2.03 bits per heavy atom. The van der Waals surface area contributed by atoms with Crippen molar-refractivity contribution in [1.82, 2.24) is 20.1 Å². The van der Waals surface area contributed by atoms with Gasteiger partial charge in [-0.15, -0.1) is 0 Å². The Kier molecular flexibility index (Phi) is 7.34. The van der Waals surface area contributed by atoms with Crippen molar-refractivity contribution in [1.29, 1.82) is 0 Å². The highest BCUT2D eigenvalue weighted by atomic mass is 16.6. The molecule has 7 nitrogen and oxygen atoms in total. The summed E-state index contributed by atoms with van der Waals surface area (Å²) in [6, 6.07) is 0. The predicted octanol–water partition coefficient (Wildman–Crippen LogP) is 5.09. The number of rotatable bonds is 8. The van der Waals surface area contributed by atoms with E-state index in [1.165, 1.54) is 38.5 Å². The third-order valence-electron chi connectivity index (χ3n) is 5.31. The maximum absolute atomic E-state index is 12.5. The number of esters is 1. The molecule has 2 aromatic rings. The Balaban J connectivity index is 1.66. The molecule has 0 bridgehead atoms. The second-order valence-corrected chi connectivity index (χ2v) is 8.97. The molecule has 1 aliphatic carbocycles. The normalized spacial score (nSPS) is 16.5. The van der Waals surface area contributed by atoms with Crippen LogP contribution < -0.4 is 0 Å². The lowest BCUT2D eigenvalue weighted by atomic mass is 9.84. The molecule has 0 radical (unpaired) electrons. The molecule has 0 aromatic carbocycles. The third kappa shape index (κ3) is 6.91. The van der Waals surface area contributed by atoms with Gasteiger partial charge in [-0.2, -0.15) is 4.98 Å². The second-order valence-electron chi connectivity index (χ2n) is 8.97. The largest absolute Gasteiger partial charge is 0.460 e. The lowest BCUT2D eigenvalue weighted by molar-refractivity contribution is -0.155. The molecule has 1 aliphatic rings. The minimum absolute atomic E-state index is 0.123. The van der Waals surface area contributed by atoms with Gasteiger partial charge in [0.15, 0.2) is 5.82 Å². The highest BCUT2D eigenvalue weighted by Gasteiger charge is 2.26. The zero-order chi connectivity index (χ0) is 20.7. The van der Waals surface area contributed by atoms with Crippen LogP contribution >= 0.6 is 0 Å². The summed E-state index contributed by atoms with van der Waals surface area (Å²) >= 11 is 0. The average molecular weight is 401 g/mol. The highest BCUT2D eigenvalue weighted by molar-refractivity contribution is 5.70. The molecular formula is C22H32N4O3. The van der Waals surface area contributed by atoms with Crippen LogP contribution in [0.1, 0.15) is 90.3 Å². The summed E-state index contributed by atoms with van der Waals surface area (Å²) in [5.74, 6) is 1.33. The van der Waals surface area contributed by atoms with E-state index in [0.717, 1.165) is 18.8 Å². The number of aromatic nitrogens is 4. The van der Waals surface area contributed by atoms with Gasteiger partial charge in [-0.25, -0.2) is 4.98 Å². The average Bonchev–Trinajstić information content (AvgIpc) is 3.17. The molecule has 7 heteroatoms. The number of hydrogen-bond donors (Lipinski definition) is 0. The Morgan fingerprint density at radius 3 is 2.72 bits per heavy atom. The van der Waals surface area contributed by atoms with Gasteiger partial charge in [-0.3, -0.25) is 9.78 Å². The molecule has 0 saturated heterocycles. The maximum Gasteiger partial charge on any atom is 0.307 e. The fourth-order valence-corrected chi connectivity index (χ4v) is 3.95.